The molecule has 274 valence electrons. The summed E-state index contributed by atoms with van der Waals surface area (Å²) in [4.78, 5) is 41.5. The number of carbonyl (C=O) groups is 2. The molecule has 1 amide bonds. The van der Waals surface area contributed by atoms with Crippen LogP contribution in [0.15, 0.2) is 59.5 Å². The Morgan fingerprint density at radius 2 is 1.69 bits per heavy atom. The fraction of sp³-hybridized carbons (Fsp3) is 0.324. The molecule has 4 aromatic rings. The van der Waals surface area contributed by atoms with Crippen molar-refractivity contribution in [2.24, 2.45) is 0 Å². The van der Waals surface area contributed by atoms with Gasteiger partial charge in [0.25, 0.3) is 5.56 Å². The van der Waals surface area contributed by atoms with Gasteiger partial charge in [0.1, 0.15) is 42.0 Å². The number of amides is 1. The summed E-state index contributed by atoms with van der Waals surface area (Å²) in [5, 5.41) is 12.2. The maximum absolute atomic E-state index is 15.9. The highest BCUT2D eigenvalue weighted by Gasteiger charge is 2.37. The number of rotatable bonds is 6. The van der Waals surface area contributed by atoms with E-state index in [4.69, 9.17) is 4.74 Å². The number of ether oxygens (including phenoxy) is 1. The van der Waals surface area contributed by atoms with Gasteiger partial charge in [-0.25, -0.2) is 17.6 Å². The molecule has 0 radical (unpaired) electrons. The van der Waals surface area contributed by atoms with E-state index in [1.165, 1.54) is 44.2 Å². The van der Waals surface area contributed by atoms with E-state index in [-0.39, 0.29) is 77.9 Å². The number of aliphatic carboxylic acids is 1. The number of benzene rings is 3. The van der Waals surface area contributed by atoms with Crippen molar-refractivity contribution < 1.29 is 50.2 Å². The highest BCUT2D eigenvalue weighted by atomic mass is 19.4. The van der Waals surface area contributed by atoms with Crippen molar-refractivity contribution in [2.45, 2.75) is 57.7 Å². The summed E-state index contributed by atoms with van der Waals surface area (Å²) in [6.07, 6.45) is -6.56. The van der Waals surface area contributed by atoms with E-state index in [0.29, 0.717) is 4.57 Å². The number of carboxylic acid groups (broad SMARTS) is 1. The van der Waals surface area contributed by atoms with Gasteiger partial charge in [0, 0.05) is 48.6 Å². The Kier molecular flexibility index (Phi) is 9.92. The minimum absolute atomic E-state index is 0.00320. The Morgan fingerprint density at radius 1 is 0.981 bits per heavy atom. The number of likely N-dealkylation sites (tertiary alicyclic amines) is 1. The minimum atomic E-state index is -5.00. The van der Waals surface area contributed by atoms with Crippen LogP contribution in [0, 0.1) is 31.3 Å². The molecule has 1 aromatic heterocycles. The van der Waals surface area contributed by atoms with Crippen LogP contribution < -0.4 is 15.6 Å². The smallest absolute Gasteiger partial charge is 0.416 e. The first-order valence-electron chi connectivity index (χ1n) is 16.2. The van der Waals surface area contributed by atoms with Crippen LogP contribution in [0.2, 0.25) is 0 Å². The van der Waals surface area contributed by atoms with Gasteiger partial charge in [0.2, 0.25) is 5.91 Å². The third kappa shape index (κ3) is 7.27. The van der Waals surface area contributed by atoms with Gasteiger partial charge in [0.15, 0.2) is 0 Å². The maximum atomic E-state index is 15.9. The number of carboxylic acids is 1. The molecule has 0 saturated carbocycles. The number of carbonyl (C=O) groups excluding carboxylic acids is 1. The van der Waals surface area contributed by atoms with Gasteiger partial charge in [-0.3, -0.25) is 23.9 Å². The summed E-state index contributed by atoms with van der Waals surface area (Å²) in [5.74, 6) is -5.16. The number of aryl methyl sites for hydroxylation is 1. The molecule has 2 aliphatic heterocycles. The van der Waals surface area contributed by atoms with Crippen molar-refractivity contribution in [1.29, 1.82) is 0 Å². The van der Waals surface area contributed by atoms with Gasteiger partial charge >= 0.3 is 12.1 Å². The Labute approximate surface area is 292 Å². The molecule has 52 heavy (non-hydrogen) atoms. The second-order valence-corrected chi connectivity index (χ2v) is 13.0. The molecule has 15 heteroatoms. The summed E-state index contributed by atoms with van der Waals surface area (Å²) in [5.41, 5.74) is -3.08. The SMILES string of the molecule is Cc1cc2cc(c1F)[C@@H](CC(=O)O)NC(=O)[C@H](n1cc(CCN3CC(F)C3)c(C(F)(F)F)cc1=O)c1cc(ccc1F)COc1ccc(F)c(C)c1-2. The Bertz CT molecular complexity index is 2130. The lowest BCUT2D eigenvalue weighted by Gasteiger charge is -2.34. The van der Waals surface area contributed by atoms with Crippen LogP contribution in [0.1, 0.15) is 57.4 Å². The predicted molar refractivity (Wildman–Crippen MR) is 174 cm³/mol. The third-order valence-electron chi connectivity index (χ3n) is 9.36. The quantitative estimate of drug-likeness (QED) is 0.218. The summed E-state index contributed by atoms with van der Waals surface area (Å²) in [7, 11) is 0. The predicted octanol–water partition coefficient (Wildman–Crippen LogP) is 6.58. The molecular formula is C37H32F7N3O5. The molecule has 0 spiro atoms. The van der Waals surface area contributed by atoms with Crippen molar-refractivity contribution in [2.75, 3.05) is 19.6 Å². The molecule has 2 aliphatic rings. The first-order chi connectivity index (χ1) is 24.5. The normalized spacial score (nSPS) is 18.1. The summed E-state index contributed by atoms with van der Waals surface area (Å²) in [6, 6.07) is 5.16. The Morgan fingerprint density at radius 3 is 2.37 bits per heavy atom. The average Bonchev–Trinajstić information content (AvgIpc) is 3.05. The topological polar surface area (TPSA) is 101 Å². The second kappa shape index (κ2) is 14.1. The van der Waals surface area contributed by atoms with E-state index in [1.807, 2.05) is 0 Å². The summed E-state index contributed by atoms with van der Waals surface area (Å²) >= 11 is 0. The van der Waals surface area contributed by atoms with Crippen molar-refractivity contribution in [1.82, 2.24) is 14.8 Å². The molecule has 3 aromatic carbocycles. The number of halogens is 7. The lowest BCUT2D eigenvalue weighted by molar-refractivity contribution is -0.139. The highest BCUT2D eigenvalue weighted by molar-refractivity contribution is 5.85. The molecule has 8 nitrogen and oxygen atoms in total. The molecule has 4 bridgehead atoms. The zero-order valence-electron chi connectivity index (χ0n) is 27.8. The number of aromatic nitrogens is 1. The fourth-order valence-electron chi connectivity index (χ4n) is 6.69. The number of pyridine rings is 1. The van der Waals surface area contributed by atoms with Gasteiger partial charge in [-0.1, -0.05) is 6.07 Å². The van der Waals surface area contributed by atoms with Crippen LogP contribution in [0.5, 0.6) is 5.75 Å². The molecule has 3 heterocycles. The number of alkyl halides is 4. The van der Waals surface area contributed by atoms with Crippen LogP contribution in [0.3, 0.4) is 0 Å². The second-order valence-electron chi connectivity index (χ2n) is 13.0. The van der Waals surface area contributed by atoms with Crippen LogP contribution >= 0.6 is 0 Å². The minimum Gasteiger partial charge on any atom is -0.488 e. The maximum Gasteiger partial charge on any atom is 0.416 e. The molecule has 6 rings (SSSR count). The largest absolute Gasteiger partial charge is 0.488 e. The molecule has 0 unspecified atom stereocenters. The van der Waals surface area contributed by atoms with Gasteiger partial charge in [0.05, 0.1) is 18.0 Å². The van der Waals surface area contributed by atoms with E-state index in [9.17, 15) is 41.4 Å². The average molecular weight is 732 g/mol. The summed E-state index contributed by atoms with van der Waals surface area (Å²) in [6.45, 7) is 2.56. The van der Waals surface area contributed by atoms with Crippen molar-refractivity contribution in [3.63, 3.8) is 0 Å². The first kappa shape index (κ1) is 36.6. The number of nitrogens with zero attached hydrogens (tertiary/aromatic N) is 2. The van der Waals surface area contributed by atoms with Gasteiger partial charge in [-0.05, 0) is 84.5 Å². The van der Waals surface area contributed by atoms with Crippen LogP contribution in [-0.4, -0.2) is 52.3 Å². The van der Waals surface area contributed by atoms with Crippen LogP contribution in [0.4, 0.5) is 30.7 Å². The Balaban J connectivity index is 1.56. The summed E-state index contributed by atoms with van der Waals surface area (Å²) < 4.78 is 109. The van der Waals surface area contributed by atoms with E-state index in [0.717, 1.165) is 18.3 Å². The number of hydrogen-bond acceptors (Lipinski definition) is 5. The standard InChI is InChI=1S/C37H32F7N3O5/c1-18-9-22-11-25(34(18)41)29(13-32(49)50)45-36(51)35(24-10-20(3-4-28(24)40)17-52-30-6-5-27(39)19(2)33(22)30)47-14-21(7-8-46-15-23(38)16-46)26(12-31(47)48)37(42,43)44/h3-6,9-12,14,23,29,35H,7-8,13,15-17H2,1-2H3,(H,45,51)(H,49,50)/t29-,35-/m1/s1. The van der Waals surface area contributed by atoms with E-state index in [2.05, 4.69) is 5.32 Å². The molecule has 1 saturated heterocycles. The molecule has 1 fully saturated rings. The van der Waals surface area contributed by atoms with Crippen molar-refractivity contribution >= 4 is 11.9 Å². The monoisotopic (exact) mass is 731 g/mol. The highest BCUT2D eigenvalue weighted by Crippen LogP contribution is 2.39. The zero-order valence-corrected chi connectivity index (χ0v) is 27.8. The van der Waals surface area contributed by atoms with Gasteiger partial charge in [-0.2, -0.15) is 13.2 Å². The number of hydrogen-bond donors (Lipinski definition) is 2. The van der Waals surface area contributed by atoms with E-state index >= 15 is 8.78 Å². The molecule has 2 N–H and O–H groups in total. The van der Waals surface area contributed by atoms with E-state index < -0.39 is 82.4 Å². The van der Waals surface area contributed by atoms with E-state index in [1.54, 1.807) is 4.90 Å². The zero-order chi connectivity index (χ0) is 37.6. The number of fused-ring (bicyclic) bond motifs is 6. The third-order valence-corrected chi connectivity index (χ3v) is 9.36. The lowest BCUT2D eigenvalue weighted by Crippen LogP contribution is -2.49. The Hall–Kier alpha value is -5.18. The van der Waals surface area contributed by atoms with Crippen LogP contribution in [-0.2, 0) is 28.8 Å². The van der Waals surface area contributed by atoms with Gasteiger partial charge in [-0.15, -0.1) is 0 Å². The van der Waals surface area contributed by atoms with Crippen LogP contribution in [0.25, 0.3) is 11.1 Å². The molecule has 2 atom stereocenters. The fourth-order valence-corrected chi connectivity index (χ4v) is 6.69. The lowest BCUT2D eigenvalue weighted by atomic mass is 9.91. The first-order valence-corrected chi connectivity index (χ1v) is 16.2. The van der Waals surface area contributed by atoms with Gasteiger partial charge < -0.3 is 15.2 Å². The van der Waals surface area contributed by atoms with Crippen molar-refractivity contribution in [3.8, 4) is 16.9 Å². The molecular weight excluding hydrogens is 699 g/mol. The van der Waals surface area contributed by atoms with Crippen molar-refractivity contribution in [3.05, 3.63) is 121 Å². The molecule has 0 aliphatic carbocycles. The number of nitrogens with one attached hydrogen (secondary N) is 1.